The van der Waals surface area contributed by atoms with Gasteiger partial charge in [0.15, 0.2) is 0 Å². The van der Waals surface area contributed by atoms with E-state index in [0.29, 0.717) is 0 Å². The van der Waals surface area contributed by atoms with Crippen LogP contribution in [0.25, 0.3) is 0 Å². The van der Waals surface area contributed by atoms with Crippen LogP contribution in [0.2, 0.25) is 0 Å². The van der Waals surface area contributed by atoms with Crippen molar-refractivity contribution in [3.05, 3.63) is 0 Å². The molecule has 0 saturated heterocycles. The maximum Gasteiger partial charge on any atom is 4.00 e. The Bertz CT molecular complexity index is 321. The topological polar surface area (TPSA) is 167 Å². The molecule has 21 heavy (non-hydrogen) atoms. The van der Waals surface area contributed by atoms with E-state index in [4.69, 9.17) is 0 Å². The summed E-state index contributed by atoms with van der Waals surface area (Å²) in [4.78, 5) is 43.4. The number of carbonyl (C=O) groups is 4. The monoisotopic (exact) mass is 340 g/mol. The zero-order valence-corrected chi connectivity index (χ0v) is 12.1. The van der Waals surface area contributed by atoms with Gasteiger partial charge in [-0.25, -0.2) is 0 Å². The van der Waals surface area contributed by atoms with Gasteiger partial charge < -0.3 is 39.6 Å². The van der Waals surface area contributed by atoms with E-state index in [1.807, 2.05) is 0 Å². The van der Waals surface area contributed by atoms with E-state index in [-0.39, 0.29) is 30.5 Å². The van der Waals surface area contributed by atoms with Gasteiger partial charge in [0.1, 0.15) is 0 Å². The molecule has 0 heterocycles. The van der Waals surface area contributed by atoms with Crippen molar-refractivity contribution in [1.82, 2.24) is 9.80 Å². The molecule has 0 spiro atoms. The van der Waals surface area contributed by atoms with Crippen LogP contribution < -0.4 is 20.4 Å². The summed E-state index contributed by atoms with van der Waals surface area (Å²) < 4.78 is 0. The Morgan fingerprint density at radius 3 is 0.905 bits per heavy atom. The van der Waals surface area contributed by atoms with Crippen molar-refractivity contribution in [2.75, 3.05) is 39.3 Å². The van der Waals surface area contributed by atoms with Crippen LogP contribution in [0.15, 0.2) is 0 Å². The molecule has 0 aromatic heterocycles. The summed E-state index contributed by atoms with van der Waals surface area (Å²) >= 11 is 0. The van der Waals surface area contributed by atoms with Gasteiger partial charge in [0, 0.05) is 39.3 Å². The van der Waals surface area contributed by atoms with Crippen molar-refractivity contribution in [2.24, 2.45) is 0 Å². The van der Waals surface area contributed by atoms with E-state index in [2.05, 4.69) is 0 Å². The first-order valence-electron chi connectivity index (χ1n) is 5.44. The fraction of sp³-hybridized carbons (Fsp3) is 0.600. The average molecular weight is 340 g/mol. The first-order valence-corrected chi connectivity index (χ1v) is 5.44. The zero-order chi connectivity index (χ0) is 15.7. The Hall–Kier alpha value is -1.67. The van der Waals surface area contributed by atoms with Crippen LogP contribution in [0.3, 0.4) is 0 Å². The molecule has 0 saturated carbocycles. The quantitative estimate of drug-likeness (QED) is 0.352. The van der Waals surface area contributed by atoms with Crippen LogP contribution in [0.5, 0.6) is 0 Å². The van der Waals surface area contributed by atoms with E-state index < -0.39 is 50.1 Å². The molecule has 0 aliphatic carbocycles. The molecule has 0 aromatic carbocycles. The Kier molecular flexibility index (Phi) is 11.4. The van der Waals surface area contributed by atoms with Gasteiger partial charge in [-0.2, -0.15) is 0 Å². The first kappa shape index (κ1) is 21.6. The summed E-state index contributed by atoms with van der Waals surface area (Å²) in [5, 5.41) is 41.6. The van der Waals surface area contributed by atoms with Gasteiger partial charge in [-0.05, 0) is 0 Å². The minimum atomic E-state index is -1.53. The fourth-order valence-electron chi connectivity index (χ4n) is 1.44. The summed E-state index contributed by atoms with van der Waals surface area (Å²) in [6.45, 7) is -3.25. The number of nitrogens with zero attached hydrogens (tertiary/aromatic N) is 2. The minimum absolute atomic E-state index is 0. The molecule has 0 rings (SSSR count). The van der Waals surface area contributed by atoms with Gasteiger partial charge >= 0.3 is 17.4 Å². The summed E-state index contributed by atoms with van der Waals surface area (Å²) in [5.41, 5.74) is 0. The maximum absolute atomic E-state index is 10.4. The minimum Gasteiger partial charge on any atom is -0.549 e. The Labute approximate surface area is 130 Å². The van der Waals surface area contributed by atoms with Gasteiger partial charge in [-0.3, -0.25) is 9.80 Å². The van der Waals surface area contributed by atoms with Crippen molar-refractivity contribution in [3.8, 4) is 0 Å². The van der Waals surface area contributed by atoms with Crippen molar-refractivity contribution in [2.45, 2.75) is 0 Å². The number of aliphatic carboxylic acids is 4. The molecule has 0 aliphatic heterocycles. The third kappa shape index (κ3) is 13.1. The van der Waals surface area contributed by atoms with Gasteiger partial charge in [0.05, 0.1) is 23.9 Å². The molecule has 0 N–H and O–H groups in total. The smallest absolute Gasteiger partial charge is 0.549 e. The van der Waals surface area contributed by atoms with E-state index >= 15 is 0 Å². The van der Waals surface area contributed by atoms with E-state index in [1.165, 1.54) is 0 Å². The van der Waals surface area contributed by atoms with Crippen molar-refractivity contribution in [3.63, 3.8) is 0 Å². The number of rotatable bonds is 11. The number of hydrogen-bond donors (Lipinski definition) is 0. The van der Waals surface area contributed by atoms with Crippen LogP contribution in [-0.2, 0) is 36.5 Å². The molecule has 0 unspecified atom stereocenters. The van der Waals surface area contributed by atoms with Crippen LogP contribution in [-0.4, -0.2) is 72.9 Å². The second-order valence-corrected chi connectivity index (χ2v) is 3.91. The van der Waals surface area contributed by atoms with Gasteiger partial charge in [0.2, 0.25) is 0 Å². The summed E-state index contributed by atoms with van der Waals surface area (Å²) in [5.74, 6) is -6.12. The molecule has 0 radical (unpaired) electrons. The predicted molar refractivity (Wildman–Crippen MR) is 52.9 cm³/mol. The standard InChI is InChI=1S/C10H16N2O8.Cr/c13-7(14)3-11(4-8(15)16)1-2-12(5-9(17)18)6-10(19)20;/h1-6H2,(H,13,14)(H,15,16)(H,17,18)(H,19,20);/q;+4/p-4. The van der Waals surface area contributed by atoms with Crippen molar-refractivity contribution >= 4 is 23.9 Å². The molecule has 10 nitrogen and oxygen atoms in total. The molecule has 0 atom stereocenters. The van der Waals surface area contributed by atoms with Crippen molar-refractivity contribution in [1.29, 1.82) is 0 Å². The molecule has 116 valence electrons. The summed E-state index contributed by atoms with van der Waals surface area (Å²) in [6, 6.07) is 0. The molecule has 11 heteroatoms. The van der Waals surface area contributed by atoms with E-state index in [1.54, 1.807) is 0 Å². The number of carbonyl (C=O) groups excluding carboxylic acids is 4. The predicted octanol–water partition coefficient (Wildman–Crippen LogP) is -7.41. The third-order valence-electron chi connectivity index (χ3n) is 2.14. The Balaban J connectivity index is 0. The molecule has 0 bridgehead atoms. The first-order chi connectivity index (χ1) is 9.20. The average Bonchev–Trinajstić information content (AvgIpc) is 2.22. The molecular formula is C10H12CrN2O8. The SMILES string of the molecule is O=C([O-])CN(CCN(CC(=O)[O-])CC(=O)[O-])CC(=O)[O-].[Cr+4]. The van der Waals surface area contributed by atoms with Crippen molar-refractivity contribution < 1.29 is 57.0 Å². The van der Waals surface area contributed by atoms with Gasteiger partial charge in [-0.1, -0.05) is 0 Å². The molecule has 0 fully saturated rings. The van der Waals surface area contributed by atoms with Crippen LogP contribution in [0.4, 0.5) is 0 Å². The Morgan fingerprint density at radius 1 is 0.571 bits per heavy atom. The second-order valence-electron chi connectivity index (χ2n) is 3.91. The summed E-state index contributed by atoms with van der Waals surface area (Å²) in [7, 11) is 0. The van der Waals surface area contributed by atoms with Gasteiger partial charge in [-0.15, -0.1) is 0 Å². The molecule has 0 aliphatic rings. The molecular weight excluding hydrogens is 328 g/mol. The normalized spacial score (nSPS) is 10.2. The fourth-order valence-corrected chi connectivity index (χ4v) is 1.44. The second kappa shape index (κ2) is 11.0. The summed E-state index contributed by atoms with van der Waals surface area (Å²) in [6.07, 6.45) is 0. The number of carboxylic acid groups (broad SMARTS) is 4. The number of carboxylic acids is 4. The zero-order valence-electron chi connectivity index (χ0n) is 10.8. The third-order valence-corrected chi connectivity index (χ3v) is 2.14. The van der Waals surface area contributed by atoms with Crippen LogP contribution in [0, 0.1) is 0 Å². The molecule has 0 aromatic rings. The van der Waals surface area contributed by atoms with Crippen LogP contribution in [0.1, 0.15) is 0 Å². The Morgan fingerprint density at radius 2 is 0.762 bits per heavy atom. The number of hydrogen-bond acceptors (Lipinski definition) is 10. The van der Waals surface area contributed by atoms with Crippen LogP contribution >= 0.6 is 0 Å². The molecule has 0 amide bonds. The van der Waals surface area contributed by atoms with E-state index in [0.717, 1.165) is 9.80 Å². The maximum atomic E-state index is 10.4. The largest absolute Gasteiger partial charge is 4.00 e. The van der Waals surface area contributed by atoms with Gasteiger partial charge in [0.25, 0.3) is 0 Å². The van der Waals surface area contributed by atoms with E-state index in [9.17, 15) is 39.6 Å².